The second kappa shape index (κ2) is 6.75. The van der Waals surface area contributed by atoms with Gasteiger partial charge in [-0.05, 0) is 43.2 Å². The van der Waals surface area contributed by atoms with Crippen molar-refractivity contribution in [1.29, 1.82) is 0 Å². The zero-order chi connectivity index (χ0) is 19.4. The molecule has 0 amide bonds. The van der Waals surface area contributed by atoms with Crippen molar-refractivity contribution in [2.45, 2.75) is 38.6 Å². The fraction of sp³-hybridized carbons (Fsp3) is 0.381. The first kappa shape index (κ1) is 18.0. The lowest BCUT2D eigenvalue weighted by Crippen LogP contribution is -2.15. The number of allylic oxidation sites excluding steroid dienone is 2. The topological polar surface area (TPSA) is 69.6 Å². The average molecular weight is 414 g/mol. The minimum Gasteiger partial charge on any atom is -0.382 e. The summed E-state index contributed by atoms with van der Waals surface area (Å²) in [6, 6.07) is 5.50. The predicted octanol–water partition coefficient (Wildman–Crippen LogP) is 5.18. The van der Waals surface area contributed by atoms with Crippen molar-refractivity contribution in [3.63, 3.8) is 0 Å². The highest BCUT2D eigenvalue weighted by atomic mass is 35.5. The number of hydrogen-bond donors (Lipinski definition) is 1. The van der Waals surface area contributed by atoms with Crippen LogP contribution in [0, 0.1) is 11.8 Å². The van der Waals surface area contributed by atoms with E-state index in [1.165, 1.54) is 19.3 Å². The second-order valence-corrected chi connectivity index (χ2v) is 8.89. The molecule has 0 saturated heterocycles. The van der Waals surface area contributed by atoms with Crippen LogP contribution < -0.4 is 5.73 Å². The molecule has 5 rings (SSSR count). The van der Waals surface area contributed by atoms with E-state index >= 15 is 0 Å². The average Bonchev–Trinajstić information content (AvgIpc) is 3.22. The van der Waals surface area contributed by atoms with Gasteiger partial charge in [-0.3, -0.25) is 0 Å². The summed E-state index contributed by atoms with van der Waals surface area (Å²) in [5.74, 6) is 3.57. The third-order valence-corrected chi connectivity index (χ3v) is 6.67. The first-order valence-corrected chi connectivity index (χ1v) is 10.4. The highest BCUT2D eigenvalue weighted by Crippen LogP contribution is 2.48. The van der Waals surface area contributed by atoms with Gasteiger partial charge in [0.25, 0.3) is 0 Å². The van der Waals surface area contributed by atoms with Gasteiger partial charge in [0.05, 0.1) is 12.9 Å². The molecule has 28 heavy (non-hydrogen) atoms. The highest BCUT2D eigenvalue weighted by molar-refractivity contribution is 6.35. The van der Waals surface area contributed by atoms with Gasteiger partial charge in [0, 0.05) is 21.5 Å². The molecule has 4 aliphatic rings. The monoisotopic (exact) mass is 413 g/mol. The van der Waals surface area contributed by atoms with E-state index in [9.17, 15) is 0 Å². The molecular weight excluding hydrogens is 393 g/mol. The van der Waals surface area contributed by atoms with Gasteiger partial charge in [-0.15, -0.1) is 0 Å². The number of anilines is 1. The third-order valence-electron chi connectivity index (χ3n) is 5.96. The number of hydrogen-bond acceptors (Lipinski definition) is 4. The van der Waals surface area contributed by atoms with Gasteiger partial charge in [-0.1, -0.05) is 47.8 Å². The molecule has 7 heteroatoms. The van der Waals surface area contributed by atoms with Crippen LogP contribution in [0.25, 0.3) is 11.5 Å². The van der Waals surface area contributed by atoms with Crippen LogP contribution >= 0.6 is 23.2 Å². The van der Waals surface area contributed by atoms with E-state index in [1.807, 2.05) is 22.8 Å². The van der Waals surface area contributed by atoms with Gasteiger partial charge in [0.15, 0.2) is 17.3 Å². The summed E-state index contributed by atoms with van der Waals surface area (Å²) in [5.41, 5.74) is 9.15. The van der Waals surface area contributed by atoms with E-state index in [2.05, 4.69) is 18.0 Å². The van der Waals surface area contributed by atoms with Gasteiger partial charge >= 0.3 is 0 Å². The Morgan fingerprint density at radius 2 is 1.96 bits per heavy atom. The summed E-state index contributed by atoms with van der Waals surface area (Å²) in [6.45, 7) is 2.79. The summed E-state index contributed by atoms with van der Waals surface area (Å²) in [6.07, 6.45) is 7.65. The number of nitrogen functional groups attached to an aromatic ring is 1. The molecule has 1 saturated carbocycles. The Hall–Kier alpha value is -2.11. The lowest BCUT2D eigenvalue weighted by Gasteiger charge is -2.25. The maximum Gasteiger partial charge on any atom is 0.166 e. The van der Waals surface area contributed by atoms with Crippen LogP contribution in [0.15, 0.2) is 36.2 Å². The molecule has 1 fully saturated rings. The Balaban J connectivity index is 1.56. The highest BCUT2D eigenvalue weighted by Gasteiger charge is 2.37. The van der Waals surface area contributed by atoms with Crippen LogP contribution in [0.5, 0.6) is 0 Å². The van der Waals surface area contributed by atoms with Gasteiger partial charge in [0.1, 0.15) is 5.82 Å². The normalized spacial score (nSPS) is 24.0. The molecular formula is C21H21Cl2N5. The van der Waals surface area contributed by atoms with E-state index in [0.717, 1.165) is 23.1 Å². The van der Waals surface area contributed by atoms with E-state index in [1.54, 1.807) is 11.9 Å². The molecule has 0 radical (unpaired) electrons. The number of fused-ring (bicyclic) bond motifs is 3. The number of nitrogens with zero attached hydrogens (tertiary/aromatic N) is 4. The number of benzene rings is 1. The first-order valence-electron chi connectivity index (χ1n) is 9.60. The fourth-order valence-corrected chi connectivity index (χ4v) is 5.24. The molecule has 2 N–H and O–H groups in total. The second-order valence-electron chi connectivity index (χ2n) is 8.07. The molecule has 144 valence electrons. The largest absolute Gasteiger partial charge is 0.382 e. The Morgan fingerprint density at radius 1 is 1.18 bits per heavy atom. The van der Waals surface area contributed by atoms with Gasteiger partial charge in [-0.25, -0.2) is 15.0 Å². The van der Waals surface area contributed by atoms with E-state index < -0.39 is 0 Å². The van der Waals surface area contributed by atoms with Crippen molar-refractivity contribution >= 4 is 29.0 Å². The van der Waals surface area contributed by atoms with Crippen molar-refractivity contribution in [2.75, 3.05) is 5.73 Å². The number of nitrogens with two attached hydrogens (primary N) is 1. The SMILES string of the molecule is CC1CC2=CC(c3nc4c(N)ncn(Cc5c(Cl)cccc5Cl)c-4n3)C(C2)C1. The minimum atomic E-state index is 0.268. The molecule has 2 aliphatic heterocycles. The fourth-order valence-electron chi connectivity index (χ4n) is 4.73. The van der Waals surface area contributed by atoms with Crippen LogP contribution in [0.2, 0.25) is 10.0 Å². The molecule has 3 atom stereocenters. The molecule has 2 heterocycles. The lowest BCUT2D eigenvalue weighted by molar-refractivity contribution is 0.338. The maximum absolute atomic E-state index is 6.36. The molecule has 5 nitrogen and oxygen atoms in total. The van der Waals surface area contributed by atoms with Crippen molar-refractivity contribution in [1.82, 2.24) is 19.5 Å². The molecule has 2 aliphatic carbocycles. The lowest BCUT2D eigenvalue weighted by atomic mass is 9.80. The number of aromatic nitrogens is 4. The van der Waals surface area contributed by atoms with E-state index in [4.69, 9.17) is 38.9 Å². The first-order chi connectivity index (χ1) is 13.5. The Kier molecular flexibility index (Phi) is 4.33. The summed E-state index contributed by atoms with van der Waals surface area (Å²) >= 11 is 12.7. The van der Waals surface area contributed by atoms with Crippen molar-refractivity contribution in [2.24, 2.45) is 11.8 Å². The number of halogens is 2. The zero-order valence-electron chi connectivity index (χ0n) is 15.6. The molecule has 0 aromatic heterocycles. The molecule has 1 aromatic carbocycles. The van der Waals surface area contributed by atoms with Crippen LogP contribution in [0.3, 0.4) is 0 Å². The van der Waals surface area contributed by atoms with Crippen LogP contribution in [-0.4, -0.2) is 19.5 Å². The van der Waals surface area contributed by atoms with E-state index in [-0.39, 0.29) is 5.92 Å². The quantitative estimate of drug-likeness (QED) is 0.600. The maximum atomic E-state index is 6.36. The summed E-state index contributed by atoms with van der Waals surface area (Å²) in [5, 5.41) is 1.24. The van der Waals surface area contributed by atoms with Crippen LogP contribution in [-0.2, 0) is 6.54 Å². The van der Waals surface area contributed by atoms with Gasteiger partial charge < -0.3 is 10.3 Å². The summed E-state index contributed by atoms with van der Waals surface area (Å²) in [4.78, 5) is 14.0. The summed E-state index contributed by atoms with van der Waals surface area (Å²) in [7, 11) is 0. The predicted molar refractivity (Wildman–Crippen MR) is 112 cm³/mol. The third kappa shape index (κ3) is 2.97. The number of imidazole rings is 1. The zero-order valence-corrected chi connectivity index (χ0v) is 17.1. The molecule has 1 aromatic rings. The molecule has 2 bridgehead atoms. The van der Waals surface area contributed by atoms with Gasteiger partial charge in [0.2, 0.25) is 0 Å². The van der Waals surface area contributed by atoms with Crippen molar-refractivity contribution in [3.05, 3.63) is 57.6 Å². The van der Waals surface area contributed by atoms with Crippen molar-refractivity contribution < 1.29 is 0 Å². The standard InChI is InChI=1S/C21H21Cl2N5/c1-11-5-12-7-13(6-11)14(8-12)20-26-18-19(24)25-10-28(21(18)27-20)9-15-16(22)3-2-4-17(15)23/h2-4,8,10-11,13-14H,5-7,9,24H2,1H3. The Bertz CT molecular complexity index is 1040. The van der Waals surface area contributed by atoms with Gasteiger partial charge in [-0.2, -0.15) is 0 Å². The minimum absolute atomic E-state index is 0.268. The Labute approximate surface area is 173 Å². The van der Waals surface area contributed by atoms with Crippen molar-refractivity contribution in [3.8, 4) is 11.5 Å². The molecule has 3 unspecified atom stereocenters. The van der Waals surface area contributed by atoms with Crippen LogP contribution in [0.4, 0.5) is 5.82 Å². The smallest absolute Gasteiger partial charge is 0.166 e. The summed E-state index contributed by atoms with van der Waals surface area (Å²) < 4.78 is 1.92. The molecule has 0 spiro atoms. The van der Waals surface area contributed by atoms with E-state index in [0.29, 0.717) is 34.0 Å². The Morgan fingerprint density at radius 3 is 2.75 bits per heavy atom. The van der Waals surface area contributed by atoms with Crippen LogP contribution in [0.1, 0.15) is 43.5 Å². The number of rotatable bonds is 3.